The molecule has 0 radical (unpaired) electrons. The van der Waals surface area contributed by atoms with E-state index in [0.717, 1.165) is 28.0 Å². The first kappa shape index (κ1) is 17.6. The molecule has 1 aliphatic rings. The molecule has 4 heteroatoms. The van der Waals surface area contributed by atoms with Gasteiger partial charge < -0.3 is 14.2 Å². The van der Waals surface area contributed by atoms with Gasteiger partial charge in [-0.05, 0) is 48.6 Å². The molecule has 24 heavy (non-hydrogen) atoms. The van der Waals surface area contributed by atoms with Crippen molar-refractivity contribution in [2.45, 2.75) is 20.3 Å². The van der Waals surface area contributed by atoms with Gasteiger partial charge in [0.15, 0.2) is 0 Å². The van der Waals surface area contributed by atoms with Gasteiger partial charge in [-0.1, -0.05) is 30.4 Å². The van der Waals surface area contributed by atoms with Crippen molar-refractivity contribution < 1.29 is 19.0 Å². The minimum absolute atomic E-state index is 0.361. The van der Waals surface area contributed by atoms with Gasteiger partial charge in [0.1, 0.15) is 11.3 Å². The van der Waals surface area contributed by atoms with Gasteiger partial charge in [-0.25, -0.2) is 4.79 Å². The molecule has 126 valence electrons. The highest BCUT2D eigenvalue weighted by atomic mass is 16.5. The monoisotopic (exact) mass is 326 g/mol. The molecule has 0 saturated carbocycles. The minimum atomic E-state index is -0.448. The molecule has 0 aromatic heterocycles. The van der Waals surface area contributed by atoms with E-state index in [9.17, 15) is 4.79 Å². The number of hydrogen-bond acceptors (Lipinski definition) is 4. The summed E-state index contributed by atoms with van der Waals surface area (Å²) in [6.45, 7) is 4.01. The van der Waals surface area contributed by atoms with Crippen LogP contribution in [0.2, 0.25) is 0 Å². The van der Waals surface area contributed by atoms with Crippen LogP contribution in [0.15, 0.2) is 65.7 Å². The summed E-state index contributed by atoms with van der Waals surface area (Å²) in [7, 11) is 2.85. The van der Waals surface area contributed by atoms with Crippen molar-refractivity contribution >= 4 is 5.97 Å². The van der Waals surface area contributed by atoms with E-state index in [2.05, 4.69) is 0 Å². The van der Waals surface area contributed by atoms with E-state index in [0.29, 0.717) is 12.0 Å². The zero-order valence-corrected chi connectivity index (χ0v) is 14.5. The Bertz CT molecular complexity index is 736. The lowest BCUT2D eigenvalue weighted by atomic mass is 9.93. The molecule has 2 rings (SSSR count). The summed E-state index contributed by atoms with van der Waals surface area (Å²) < 4.78 is 15.7. The molecule has 1 aliphatic carbocycles. The lowest BCUT2D eigenvalue weighted by molar-refractivity contribution is -0.135. The SMILES string of the molecule is CO/C=C(/C(=O)OC)C1=CC=CC/C1=C\Oc1cc(C)ccc1C. The van der Waals surface area contributed by atoms with Crippen molar-refractivity contribution in [1.82, 2.24) is 0 Å². The smallest absolute Gasteiger partial charge is 0.341 e. The number of carbonyl (C=O) groups is 1. The number of ether oxygens (including phenoxy) is 3. The van der Waals surface area contributed by atoms with Crippen LogP contribution in [0.25, 0.3) is 0 Å². The predicted molar refractivity (Wildman–Crippen MR) is 93.6 cm³/mol. The molecule has 0 unspecified atom stereocenters. The Morgan fingerprint density at radius 2 is 2.00 bits per heavy atom. The fraction of sp³-hybridized carbons (Fsp3) is 0.250. The predicted octanol–water partition coefficient (Wildman–Crippen LogP) is 4.16. The van der Waals surface area contributed by atoms with Crippen LogP contribution in [-0.2, 0) is 14.3 Å². The van der Waals surface area contributed by atoms with Crippen molar-refractivity contribution in [3.8, 4) is 5.75 Å². The van der Waals surface area contributed by atoms with E-state index in [1.807, 2.05) is 50.3 Å². The second kappa shape index (κ2) is 8.20. The second-order valence-electron chi connectivity index (χ2n) is 5.50. The number of allylic oxidation sites excluding steroid dienone is 4. The van der Waals surface area contributed by atoms with Crippen LogP contribution >= 0.6 is 0 Å². The van der Waals surface area contributed by atoms with Crippen molar-refractivity contribution in [3.63, 3.8) is 0 Å². The lowest BCUT2D eigenvalue weighted by Gasteiger charge is -2.16. The molecular weight excluding hydrogens is 304 g/mol. The van der Waals surface area contributed by atoms with Crippen LogP contribution in [-0.4, -0.2) is 20.2 Å². The number of esters is 1. The summed E-state index contributed by atoms with van der Waals surface area (Å²) in [4.78, 5) is 12.0. The second-order valence-corrected chi connectivity index (χ2v) is 5.50. The summed E-state index contributed by atoms with van der Waals surface area (Å²) in [6.07, 6.45) is 9.49. The highest BCUT2D eigenvalue weighted by Gasteiger charge is 2.20. The highest BCUT2D eigenvalue weighted by Crippen LogP contribution is 2.28. The Labute approximate surface area is 142 Å². The molecule has 0 amide bonds. The molecule has 0 bridgehead atoms. The molecule has 0 aliphatic heterocycles. The Kier molecular flexibility index (Phi) is 6.01. The Hall–Kier alpha value is -2.75. The molecule has 0 atom stereocenters. The Morgan fingerprint density at radius 1 is 1.21 bits per heavy atom. The summed E-state index contributed by atoms with van der Waals surface area (Å²) in [6, 6.07) is 6.05. The Morgan fingerprint density at radius 3 is 2.71 bits per heavy atom. The summed E-state index contributed by atoms with van der Waals surface area (Å²) in [5.74, 6) is 0.350. The molecule has 0 fully saturated rings. The zero-order chi connectivity index (χ0) is 17.5. The van der Waals surface area contributed by atoms with Gasteiger partial charge in [-0.2, -0.15) is 0 Å². The van der Waals surface area contributed by atoms with Gasteiger partial charge in [-0.15, -0.1) is 0 Å². The van der Waals surface area contributed by atoms with E-state index in [-0.39, 0.29) is 0 Å². The third kappa shape index (κ3) is 4.16. The standard InChI is InChI=1S/C20H22O4/c1-14-9-10-15(2)19(11-14)24-12-16-7-5-6-8-17(16)18(13-22-3)20(21)23-4/h5-6,8-13H,7H2,1-4H3/b16-12+,18-13+. The van der Waals surface area contributed by atoms with Crippen LogP contribution in [0.1, 0.15) is 17.5 Å². The lowest BCUT2D eigenvalue weighted by Crippen LogP contribution is -2.11. The quantitative estimate of drug-likeness (QED) is 0.463. The summed E-state index contributed by atoms with van der Waals surface area (Å²) in [5, 5.41) is 0. The zero-order valence-electron chi connectivity index (χ0n) is 14.5. The fourth-order valence-electron chi connectivity index (χ4n) is 2.37. The highest BCUT2D eigenvalue weighted by molar-refractivity contribution is 5.95. The van der Waals surface area contributed by atoms with Crippen LogP contribution < -0.4 is 4.74 Å². The van der Waals surface area contributed by atoms with Crippen LogP contribution in [0.3, 0.4) is 0 Å². The molecular formula is C20H22O4. The van der Waals surface area contributed by atoms with Gasteiger partial charge >= 0.3 is 5.97 Å². The average Bonchev–Trinajstić information content (AvgIpc) is 2.60. The van der Waals surface area contributed by atoms with Gasteiger partial charge in [0.2, 0.25) is 0 Å². The first-order valence-electron chi connectivity index (χ1n) is 7.68. The normalized spacial score (nSPS) is 15.9. The summed E-state index contributed by atoms with van der Waals surface area (Å²) in [5.41, 5.74) is 4.15. The molecule has 0 saturated heterocycles. The molecule has 0 N–H and O–H groups in total. The average molecular weight is 326 g/mol. The molecule has 4 nitrogen and oxygen atoms in total. The van der Waals surface area contributed by atoms with Crippen molar-refractivity contribution in [2.75, 3.05) is 14.2 Å². The van der Waals surface area contributed by atoms with E-state index >= 15 is 0 Å². The maximum atomic E-state index is 12.0. The van der Waals surface area contributed by atoms with Crippen molar-refractivity contribution in [1.29, 1.82) is 0 Å². The third-order valence-corrected chi connectivity index (χ3v) is 3.69. The minimum Gasteiger partial charge on any atom is -0.503 e. The van der Waals surface area contributed by atoms with E-state index in [4.69, 9.17) is 14.2 Å². The fourth-order valence-corrected chi connectivity index (χ4v) is 2.37. The number of benzene rings is 1. The number of rotatable bonds is 5. The van der Waals surface area contributed by atoms with Crippen LogP contribution in [0, 0.1) is 13.8 Å². The van der Waals surface area contributed by atoms with Gasteiger partial charge in [0.25, 0.3) is 0 Å². The van der Waals surface area contributed by atoms with Crippen LogP contribution in [0.4, 0.5) is 0 Å². The van der Waals surface area contributed by atoms with E-state index < -0.39 is 5.97 Å². The van der Waals surface area contributed by atoms with E-state index in [1.54, 1.807) is 6.26 Å². The maximum Gasteiger partial charge on any atom is 0.341 e. The number of hydrogen-bond donors (Lipinski definition) is 0. The molecule has 1 aromatic carbocycles. The third-order valence-electron chi connectivity index (χ3n) is 3.69. The number of carbonyl (C=O) groups excluding carboxylic acids is 1. The topological polar surface area (TPSA) is 44.8 Å². The van der Waals surface area contributed by atoms with Crippen molar-refractivity contribution in [3.05, 3.63) is 76.8 Å². The molecule has 0 heterocycles. The number of aryl methyl sites for hydroxylation is 2. The maximum absolute atomic E-state index is 12.0. The molecule has 0 spiro atoms. The van der Waals surface area contributed by atoms with Crippen LogP contribution in [0.5, 0.6) is 5.75 Å². The summed E-state index contributed by atoms with van der Waals surface area (Å²) >= 11 is 0. The van der Waals surface area contributed by atoms with Gasteiger partial charge in [0, 0.05) is 0 Å². The van der Waals surface area contributed by atoms with Gasteiger partial charge in [-0.3, -0.25) is 0 Å². The largest absolute Gasteiger partial charge is 0.503 e. The molecule has 1 aromatic rings. The first-order valence-corrected chi connectivity index (χ1v) is 7.68. The van der Waals surface area contributed by atoms with Gasteiger partial charge in [0.05, 0.1) is 26.7 Å². The van der Waals surface area contributed by atoms with E-state index in [1.165, 1.54) is 20.5 Å². The number of methoxy groups -OCH3 is 2. The Balaban J connectivity index is 2.32. The van der Waals surface area contributed by atoms with Crippen molar-refractivity contribution in [2.24, 2.45) is 0 Å². The first-order chi connectivity index (χ1) is 11.6.